The van der Waals surface area contributed by atoms with Crippen LogP contribution in [0.3, 0.4) is 0 Å². The van der Waals surface area contributed by atoms with Crippen LogP contribution in [0.15, 0.2) is 18.2 Å². The lowest BCUT2D eigenvalue weighted by Crippen LogP contribution is -2.39. The number of aryl methyl sites for hydroxylation is 1. The Kier molecular flexibility index (Phi) is 5.99. The summed E-state index contributed by atoms with van der Waals surface area (Å²) in [6, 6.07) is 6.73. The zero-order valence-corrected chi connectivity index (χ0v) is 13.0. The van der Waals surface area contributed by atoms with Gasteiger partial charge in [0.25, 0.3) is 0 Å². The van der Waals surface area contributed by atoms with Gasteiger partial charge in [0.1, 0.15) is 0 Å². The van der Waals surface area contributed by atoms with E-state index in [0.29, 0.717) is 6.04 Å². The van der Waals surface area contributed by atoms with Crippen molar-refractivity contribution in [3.8, 4) is 0 Å². The van der Waals surface area contributed by atoms with Crippen molar-refractivity contribution >= 4 is 0 Å². The molecule has 1 aromatic rings. The van der Waals surface area contributed by atoms with Gasteiger partial charge in [0.2, 0.25) is 0 Å². The number of aromatic nitrogens is 1. The number of rotatable bonds is 6. The van der Waals surface area contributed by atoms with Crippen molar-refractivity contribution in [2.45, 2.75) is 58.0 Å². The van der Waals surface area contributed by atoms with Gasteiger partial charge in [-0.05, 0) is 38.4 Å². The van der Waals surface area contributed by atoms with Gasteiger partial charge in [-0.2, -0.15) is 0 Å². The maximum Gasteiger partial charge on any atom is 0.0547 e. The molecule has 1 atom stereocenters. The molecule has 0 spiro atoms. The molecule has 2 rings (SSSR count). The Morgan fingerprint density at radius 1 is 1.30 bits per heavy atom. The van der Waals surface area contributed by atoms with E-state index >= 15 is 0 Å². The maximum atomic E-state index is 6.01. The van der Waals surface area contributed by atoms with Crippen LogP contribution in [-0.2, 0) is 6.54 Å². The molecule has 1 aliphatic rings. The van der Waals surface area contributed by atoms with Crippen LogP contribution in [0.25, 0.3) is 0 Å². The van der Waals surface area contributed by atoms with Crippen LogP contribution in [0.2, 0.25) is 0 Å². The fourth-order valence-electron chi connectivity index (χ4n) is 3.34. The summed E-state index contributed by atoms with van der Waals surface area (Å²) in [5.41, 5.74) is 8.25. The summed E-state index contributed by atoms with van der Waals surface area (Å²) >= 11 is 0. The first-order valence-corrected chi connectivity index (χ1v) is 8.02. The molecule has 3 nitrogen and oxygen atoms in total. The molecule has 1 aliphatic carbocycles. The molecular weight excluding hydrogens is 246 g/mol. The fraction of sp³-hybridized carbons (Fsp3) is 0.706. The summed E-state index contributed by atoms with van der Waals surface area (Å²) in [6.07, 6.45) is 8.28. The van der Waals surface area contributed by atoms with E-state index in [0.717, 1.165) is 30.4 Å². The molecule has 0 amide bonds. The molecule has 0 aliphatic heterocycles. The van der Waals surface area contributed by atoms with Crippen LogP contribution >= 0.6 is 0 Å². The van der Waals surface area contributed by atoms with Gasteiger partial charge in [0.15, 0.2) is 0 Å². The molecule has 1 aromatic heterocycles. The Morgan fingerprint density at radius 3 is 2.70 bits per heavy atom. The van der Waals surface area contributed by atoms with Gasteiger partial charge < -0.3 is 5.73 Å². The molecule has 112 valence electrons. The largest absolute Gasteiger partial charge is 0.329 e. The van der Waals surface area contributed by atoms with Gasteiger partial charge >= 0.3 is 0 Å². The second kappa shape index (κ2) is 7.75. The van der Waals surface area contributed by atoms with Gasteiger partial charge in [-0.1, -0.05) is 38.2 Å². The van der Waals surface area contributed by atoms with Gasteiger partial charge in [-0.3, -0.25) is 9.88 Å². The normalized spacial score (nSPS) is 18.4. The van der Waals surface area contributed by atoms with Gasteiger partial charge in [0, 0.05) is 24.8 Å². The van der Waals surface area contributed by atoms with Gasteiger partial charge in [0.05, 0.1) is 5.69 Å². The zero-order chi connectivity index (χ0) is 14.4. The third kappa shape index (κ3) is 4.57. The number of likely N-dealkylation sites (N-methyl/N-ethyl adjacent to an activating group) is 1. The van der Waals surface area contributed by atoms with Gasteiger partial charge in [-0.25, -0.2) is 0 Å². The molecule has 0 bridgehead atoms. The molecule has 3 heteroatoms. The van der Waals surface area contributed by atoms with Crippen molar-refractivity contribution < 1.29 is 0 Å². The molecule has 1 heterocycles. The van der Waals surface area contributed by atoms with E-state index in [2.05, 4.69) is 29.1 Å². The molecule has 1 unspecified atom stereocenters. The van der Waals surface area contributed by atoms with E-state index < -0.39 is 0 Å². The van der Waals surface area contributed by atoms with E-state index in [1.54, 1.807) is 0 Å². The average Bonchev–Trinajstić information content (AvgIpc) is 2.45. The van der Waals surface area contributed by atoms with Crippen LogP contribution < -0.4 is 5.73 Å². The predicted octanol–water partition coefficient (Wildman–Crippen LogP) is 3.12. The molecule has 0 radical (unpaired) electrons. The minimum Gasteiger partial charge on any atom is -0.329 e. The van der Waals surface area contributed by atoms with E-state index in [9.17, 15) is 0 Å². The monoisotopic (exact) mass is 275 g/mol. The number of hydrogen-bond donors (Lipinski definition) is 1. The number of hydrogen-bond acceptors (Lipinski definition) is 3. The summed E-state index contributed by atoms with van der Waals surface area (Å²) in [6.45, 7) is 3.70. The summed E-state index contributed by atoms with van der Waals surface area (Å²) in [5, 5.41) is 0. The first-order valence-electron chi connectivity index (χ1n) is 8.02. The molecule has 20 heavy (non-hydrogen) atoms. The first kappa shape index (κ1) is 15.5. The molecule has 0 saturated heterocycles. The van der Waals surface area contributed by atoms with Crippen molar-refractivity contribution in [3.63, 3.8) is 0 Å². The molecule has 1 saturated carbocycles. The first-order chi connectivity index (χ1) is 9.69. The summed E-state index contributed by atoms with van der Waals surface area (Å²) in [7, 11) is 2.18. The Morgan fingerprint density at radius 2 is 2.05 bits per heavy atom. The van der Waals surface area contributed by atoms with Crippen LogP contribution in [-0.4, -0.2) is 29.5 Å². The number of pyridine rings is 1. The van der Waals surface area contributed by atoms with Crippen molar-refractivity contribution in [3.05, 3.63) is 29.6 Å². The minimum atomic E-state index is 0.486. The van der Waals surface area contributed by atoms with Crippen molar-refractivity contribution in [1.82, 2.24) is 9.88 Å². The van der Waals surface area contributed by atoms with Crippen LogP contribution in [0.4, 0.5) is 0 Å². The highest BCUT2D eigenvalue weighted by atomic mass is 15.1. The third-order valence-corrected chi connectivity index (χ3v) is 4.58. The predicted molar refractivity (Wildman–Crippen MR) is 84.5 cm³/mol. The number of nitrogens with two attached hydrogens (primary N) is 1. The Balaban J connectivity index is 1.89. The van der Waals surface area contributed by atoms with Crippen molar-refractivity contribution in [2.75, 3.05) is 13.6 Å². The Bertz CT molecular complexity index is 399. The van der Waals surface area contributed by atoms with Crippen molar-refractivity contribution in [1.29, 1.82) is 0 Å². The summed E-state index contributed by atoms with van der Waals surface area (Å²) < 4.78 is 0. The molecule has 2 N–H and O–H groups in total. The lowest BCUT2D eigenvalue weighted by molar-refractivity contribution is 0.183. The van der Waals surface area contributed by atoms with E-state index in [4.69, 9.17) is 5.73 Å². The topological polar surface area (TPSA) is 42.1 Å². The fourth-order valence-corrected chi connectivity index (χ4v) is 3.34. The van der Waals surface area contributed by atoms with E-state index in [1.807, 2.05) is 13.0 Å². The highest BCUT2D eigenvalue weighted by Crippen LogP contribution is 2.28. The lowest BCUT2D eigenvalue weighted by atomic mass is 9.84. The second-order valence-corrected chi connectivity index (χ2v) is 6.31. The average molecular weight is 275 g/mol. The Hall–Kier alpha value is -0.930. The molecular formula is C17H29N3. The Labute approximate surface area is 123 Å². The molecule has 1 fully saturated rings. The molecule has 0 aromatic carbocycles. The van der Waals surface area contributed by atoms with E-state index in [1.165, 1.54) is 38.5 Å². The smallest absolute Gasteiger partial charge is 0.0547 e. The van der Waals surface area contributed by atoms with Crippen LogP contribution in [0.1, 0.15) is 49.9 Å². The summed E-state index contributed by atoms with van der Waals surface area (Å²) in [4.78, 5) is 6.98. The minimum absolute atomic E-state index is 0.486. The van der Waals surface area contributed by atoms with Crippen molar-refractivity contribution in [2.24, 2.45) is 11.7 Å². The SMILES string of the molecule is Cc1cccc(CN(C)C(CN)CC2CCCCC2)n1. The second-order valence-electron chi connectivity index (χ2n) is 6.31. The lowest BCUT2D eigenvalue weighted by Gasteiger charge is -2.31. The van der Waals surface area contributed by atoms with E-state index in [-0.39, 0.29) is 0 Å². The maximum absolute atomic E-state index is 6.01. The number of nitrogens with zero attached hydrogens (tertiary/aromatic N) is 2. The van der Waals surface area contributed by atoms with Crippen LogP contribution in [0.5, 0.6) is 0 Å². The quantitative estimate of drug-likeness (QED) is 0.867. The zero-order valence-electron chi connectivity index (χ0n) is 13.0. The van der Waals surface area contributed by atoms with Crippen LogP contribution in [0, 0.1) is 12.8 Å². The highest BCUT2D eigenvalue weighted by Gasteiger charge is 2.21. The highest BCUT2D eigenvalue weighted by molar-refractivity contribution is 5.09. The third-order valence-electron chi connectivity index (χ3n) is 4.58. The van der Waals surface area contributed by atoms with Gasteiger partial charge in [-0.15, -0.1) is 0 Å². The standard InChI is InChI=1S/C17H29N3/c1-14-7-6-10-16(19-14)13-20(2)17(12-18)11-15-8-4-3-5-9-15/h6-7,10,15,17H,3-5,8-9,11-13,18H2,1-2H3. The summed E-state index contributed by atoms with van der Waals surface area (Å²) in [5.74, 6) is 0.880.